The average molecular weight is 190 g/mol. The molecule has 0 saturated carbocycles. The second-order valence-electron chi connectivity index (χ2n) is 2.80. The summed E-state index contributed by atoms with van der Waals surface area (Å²) in [4.78, 5) is 0. The number of methoxy groups -OCH3 is 1. The number of rotatable bonds is 5. The van der Waals surface area contributed by atoms with Crippen LogP contribution >= 0.6 is 0 Å². The Labute approximate surface area is 84.5 Å². The van der Waals surface area contributed by atoms with Crippen molar-refractivity contribution < 1.29 is 9.47 Å². The first-order valence-corrected chi connectivity index (χ1v) is 4.38. The summed E-state index contributed by atoms with van der Waals surface area (Å²) in [5.74, 6) is 0.847. The third-order valence-corrected chi connectivity index (χ3v) is 1.61. The van der Waals surface area contributed by atoms with Crippen LogP contribution in [-0.4, -0.2) is 13.7 Å². The van der Waals surface area contributed by atoms with E-state index in [4.69, 9.17) is 9.47 Å². The standard InChI is InChI=1S/C12H14O2/c1-11(8-9-13-2)10-14-12-6-4-3-5-7-12/h3-9H,1,10H2,2H3/b9-8-. The van der Waals surface area contributed by atoms with E-state index >= 15 is 0 Å². The summed E-state index contributed by atoms with van der Waals surface area (Å²) in [7, 11) is 1.60. The lowest BCUT2D eigenvalue weighted by molar-refractivity contribution is 0.333. The summed E-state index contributed by atoms with van der Waals surface area (Å²) in [6.45, 7) is 4.29. The molecule has 0 atom stereocenters. The van der Waals surface area contributed by atoms with Gasteiger partial charge in [0, 0.05) is 0 Å². The lowest BCUT2D eigenvalue weighted by Gasteiger charge is -2.04. The lowest BCUT2D eigenvalue weighted by atomic mass is 10.3. The van der Waals surface area contributed by atoms with Crippen LogP contribution < -0.4 is 4.74 Å². The Morgan fingerprint density at radius 3 is 2.71 bits per heavy atom. The Balaban J connectivity index is 2.34. The van der Waals surface area contributed by atoms with Crippen molar-refractivity contribution in [3.8, 4) is 5.75 Å². The summed E-state index contributed by atoms with van der Waals surface area (Å²) >= 11 is 0. The molecule has 0 aliphatic heterocycles. The van der Waals surface area contributed by atoms with Crippen molar-refractivity contribution in [2.24, 2.45) is 0 Å². The quantitative estimate of drug-likeness (QED) is 0.525. The molecule has 0 spiro atoms. The Morgan fingerprint density at radius 1 is 1.36 bits per heavy atom. The van der Waals surface area contributed by atoms with Crippen LogP contribution in [0.2, 0.25) is 0 Å². The van der Waals surface area contributed by atoms with Gasteiger partial charge in [0.1, 0.15) is 12.4 Å². The Hall–Kier alpha value is -1.70. The number of ether oxygens (including phenoxy) is 2. The van der Waals surface area contributed by atoms with Crippen molar-refractivity contribution in [2.75, 3.05) is 13.7 Å². The van der Waals surface area contributed by atoms with Crippen LogP contribution in [0.1, 0.15) is 0 Å². The molecular weight excluding hydrogens is 176 g/mol. The second-order valence-corrected chi connectivity index (χ2v) is 2.80. The molecule has 0 bridgehead atoms. The van der Waals surface area contributed by atoms with Crippen molar-refractivity contribution >= 4 is 0 Å². The van der Waals surface area contributed by atoms with E-state index in [1.165, 1.54) is 0 Å². The topological polar surface area (TPSA) is 18.5 Å². The smallest absolute Gasteiger partial charge is 0.119 e. The fraction of sp³-hybridized carbons (Fsp3) is 0.167. The molecule has 1 aromatic rings. The molecule has 0 heterocycles. The Morgan fingerprint density at radius 2 is 2.07 bits per heavy atom. The van der Waals surface area contributed by atoms with Gasteiger partial charge in [0.05, 0.1) is 13.4 Å². The maximum absolute atomic E-state index is 5.46. The summed E-state index contributed by atoms with van der Waals surface area (Å²) < 4.78 is 10.2. The molecule has 0 fully saturated rings. The fourth-order valence-electron chi connectivity index (χ4n) is 0.905. The molecule has 2 nitrogen and oxygen atoms in total. The van der Waals surface area contributed by atoms with Gasteiger partial charge < -0.3 is 9.47 Å². The zero-order valence-corrected chi connectivity index (χ0v) is 8.27. The van der Waals surface area contributed by atoms with Crippen molar-refractivity contribution in [2.45, 2.75) is 0 Å². The molecule has 1 rings (SSSR count). The van der Waals surface area contributed by atoms with E-state index in [2.05, 4.69) is 6.58 Å². The third kappa shape index (κ3) is 3.81. The number of benzene rings is 1. The molecule has 14 heavy (non-hydrogen) atoms. The van der Waals surface area contributed by atoms with Gasteiger partial charge in [-0.2, -0.15) is 0 Å². The van der Waals surface area contributed by atoms with E-state index in [9.17, 15) is 0 Å². The van der Waals surface area contributed by atoms with E-state index in [0.717, 1.165) is 11.3 Å². The molecule has 0 aliphatic rings. The molecule has 74 valence electrons. The zero-order valence-electron chi connectivity index (χ0n) is 8.27. The molecule has 0 N–H and O–H groups in total. The van der Waals surface area contributed by atoms with Crippen LogP contribution in [0.4, 0.5) is 0 Å². The molecule has 0 unspecified atom stereocenters. The van der Waals surface area contributed by atoms with Gasteiger partial charge >= 0.3 is 0 Å². The van der Waals surface area contributed by atoms with Crippen molar-refractivity contribution in [1.82, 2.24) is 0 Å². The Bertz CT molecular complexity index is 301. The molecule has 0 amide bonds. The largest absolute Gasteiger partial charge is 0.504 e. The third-order valence-electron chi connectivity index (χ3n) is 1.61. The summed E-state index contributed by atoms with van der Waals surface area (Å²) in [6, 6.07) is 9.64. The fourth-order valence-corrected chi connectivity index (χ4v) is 0.905. The van der Waals surface area contributed by atoms with Gasteiger partial charge in [-0.25, -0.2) is 0 Å². The first-order valence-electron chi connectivity index (χ1n) is 4.38. The summed E-state index contributed by atoms with van der Waals surface area (Å²) in [6.07, 6.45) is 3.36. The molecule has 2 heteroatoms. The molecule has 1 aromatic carbocycles. The predicted octanol–water partition coefficient (Wildman–Crippen LogP) is 2.78. The maximum Gasteiger partial charge on any atom is 0.119 e. The van der Waals surface area contributed by atoms with Crippen LogP contribution in [-0.2, 0) is 4.74 Å². The highest BCUT2D eigenvalue weighted by Crippen LogP contribution is 2.09. The van der Waals surface area contributed by atoms with E-state index in [-0.39, 0.29) is 0 Å². The number of hydrogen-bond acceptors (Lipinski definition) is 2. The first-order chi connectivity index (χ1) is 6.83. The maximum atomic E-state index is 5.46. The van der Waals surface area contributed by atoms with Crippen molar-refractivity contribution in [1.29, 1.82) is 0 Å². The summed E-state index contributed by atoms with van der Waals surface area (Å²) in [5, 5.41) is 0. The summed E-state index contributed by atoms with van der Waals surface area (Å²) in [5.41, 5.74) is 0.871. The monoisotopic (exact) mass is 190 g/mol. The normalized spacial score (nSPS) is 10.1. The van der Waals surface area contributed by atoms with E-state index in [1.807, 2.05) is 30.3 Å². The minimum absolute atomic E-state index is 0.476. The van der Waals surface area contributed by atoms with Crippen LogP contribution in [0.25, 0.3) is 0 Å². The number of hydrogen-bond donors (Lipinski definition) is 0. The van der Waals surface area contributed by atoms with Crippen LogP contribution in [0.5, 0.6) is 5.75 Å². The zero-order chi connectivity index (χ0) is 10.2. The highest BCUT2D eigenvalue weighted by atomic mass is 16.5. The van der Waals surface area contributed by atoms with Gasteiger partial charge in [-0.15, -0.1) is 0 Å². The van der Waals surface area contributed by atoms with Gasteiger partial charge in [-0.05, 0) is 23.8 Å². The molecule has 0 aromatic heterocycles. The van der Waals surface area contributed by atoms with E-state index < -0.39 is 0 Å². The molecule has 0 aliphatic carbocycles. The molecule has 0 saturated heterocycles. The first kappa shape index (κ1) is 10.4. The van der Waals surface area contributed by atoms with Gasteiger partial charge in [0.2, 0.25) is 0 Å². The van der Waals surface area contributed by atoms with E-state index in [0.29, 0.717) is 6.61 Å². The predicted molar refractivity (Wildman–Crippen MR) is 57.2 cm³/mol. The van der Waals surface area contributed by atoms with Crippen molar-refractivity contribution in [3.05, 3.63) is 54.8 Å². The van der Waals surface area contributed by atoms with Crippen LogP contribution in [0.15, 0.2) is 54.8 Å². The highest BCUT2D eigenvalue weighted by molar-refractivity contribution is 5.22. The van der Waals surface area contributed by atoms with Gasteiger partial charge in [-0.3, -0.25) is 0 Å². The van der Waals surface area contributed by atoms with Gasteiger partial charge in [0.25, 0.3) is 0 Å². The SMILES string of the molecule is C=C(/C=C\OC)COc1ccccc1. The average Bonchev–Trinajstić information content (AvgIpc) is 2.25. The lowest BCUT2D eigenvalue weighted by Crippen LogP contribution is -1.97. The molecule has 0 radical (unpaired) electrons. The number of para-hydroxylation sites is 1. The van der Waals surface area contributed by atoms with Crippen LogP contribution in [0, 0.1) is 0 Å². The van der Waals surface area contributed by atoms with E-state index in [1.54, 1.807) is 19.4 Å². The van der Waals surface area contributed by atoms with Crippen LogP contribution in [0.3, 0.4) is 0 Å². The Kier molecular flexibility index (Phi) is 4.35. The van der Waals surface area contributed by atoms with Gasteiger partial charge in [-0.1, -0.05) is 24.8 Å². The van der Waals surface area contributed by atoms with Gasteiger partial charge in [0.15, 0.2) is 0 Å². The molecular formula is C12H14O2. The minimum Gasteiger partial charge on any atom is -0.504 e. The minimum atomic E-state index is 0.476. The highest BCUT2D eigenvalue weighted by Gasteiger charge is 1.92. The second kappa shape index (κ2) is 5.86. The van der Waals surface area contributed by atoms with Crippen molar-refractivity contribution in [3.63, 3.8) is 0 Å².